The third-order valence-electron chi connectivity index (χ3n) is 27.3. The van der Waals surface area contributed by atoms with Gasteiger partial charge in [0.05, 0.1) is 22.1 Å². The molecule has 0 saturated carbocycles. The molecule has 22 aromatic rings. The van der Waals surface area contributed by atoms with Crippen LogP contribution in [0.4, 0.5) is 28.4 Å². The second-order valence-corrected chi connectivity index (χ2v) is 38.8. The van der Waals surface area contributed by atoms with Crippen molar-refractivity contribution in [2.45, 2.75) is 44.9 Å². The van der Waals surface area contributed by atoms with E-state index in [1.54, 1.807) is 0 Å². The van der Waals surface area contributed by atoms with Gasteiger partial charge in [-0.25, -0.2) is 0 Å². The predicted molar refractivity (Wildman–Crippen MR) is 582 cm³/mol. The molecule has 20 aromatic carbocycles. The zero-order valence-electron chi connectivity index (χ0n) is 76.9. The van der Waals surface area contributed by atoms with Crippen LogP contribution in [0.2, 0.25) is 10.0 Å². The summed E-state index contributed by atoms with van der Waals surface area (Å²) in [7, 11) is 0. The van der Waals surface area contributed by atoms with Crippen molar-refractivity contribution in [2.24, 2.45) is 0 Å². The summed E-state index contributed by atoms with van der Waals surface area (Å²) in [6.45, 7) is 9.32. The molecule has 0 radical (unpaired) electrons. The van der Waals surface area contributed by atoms with Gasteiger partial charge >= 0.3 is 0 Å². The van der Waals surface area contributed by atoms with Gasteiger partial charge in [0.2, 0.25) is 0 Å². The molecule has 0 atom stereocenters. The first kappa shape index (κ1) is 86.5. The number of anilines is 5. The van der Waals surface area contributed by atoms with Crippen LogP contribution in [0.1, 0.15) is 61.1 Å². The number of fused-ring (bicyclic) bond motifs is 21. The van der Waals surface area contributed by atoms with Crippen LogP contribution in [0.15, 0.2) is 449 Å². The number of rotatable bonds is 9. The van der Waals surface area contributed by atoms with Crippen molar-refractivity contribution in [3.05, 3.63) is 496 Å². The Labute approximate surface area is 835 Å². The molecule has 0 saturated heterocycles. The molecule has 1 N–H and O–H groups in total. The lowest BCUT2D eigenvalue weighted by molar-refractivity contribution is 0.359. The van der Waals surface area contributed by atoms with E-state index in [1.165, 1.54) is 92.6 Å². The first-order valence-electron chi connectivity index (χ1n) is 47.0. The fraction of sp³-hybridized carbons (Fsp3) is 0.0551. The van der Waals surface area contributed by atoms with Crippen molar-refractivity contribution in [3.8, 4) is 136 Å². The number of hydrogen-bond donors (Lipinski definition) is 1. The summed E-state index contributed by atoms with van der Waals surface area (Å²) in [6, 6.07) is 156. The predicted octanol–water partition coefficient (Wildman–Crippen LogP) is 37.0. The molecule has 0 bridgehead atoms. The van der Waals surface area contributed by atoms with E-state index in [1.807, 2.05) is 152 Å². The Morgan fingerprint density at radius 1 is 0.250 bits per heavy atom. The normalized spacial score (nSPS) is 13.0. The van der Waals surface area contributed by atoms with Crippen molar-refractivity contribution in [2.75, 3.05) is 10.2 Å². The van der Waals surface area contributed by atoms with Crippen LogP contribution >= 0.6 is 45.8 Å². The summed E-state index contributed by atoms with van der Waals surface area (Å²) in [4.78, 5) is 2.40. The van der Waals surface area contributed by atoms with Crippen molar-refractivity contribution in [1.82, 2.24) is 9.13 Å². The molecular formula is C127H89Cl2IN4O6. The zero-order chi connectivity index (χ0) is 94.3. The summed E-state index contributed by atoms with van der Waals surface area (Å²) in [5.41, 5.74) is 32.5. The zero-order valence-corrected chi connectivity index (χ0v) is 80.5. The molecule has 10 nitrogen and oxygen atoms in total. The van der Waals surface area contributed by atoms with E-state index in [0.29, 0.717) is 39.5 Å². The first-order valence-corrected chi connectivity index (χ1v) is 48.8. The van der Waals surface area contributed by atoms with E-state index < -0.39 is 0 Å². The molecule has 140 heavy (non-hydrogen) atoms. The highest BCUT2D eigenvalue weighted by Gasteiger charge is 2.38. The van der Waals surface area contributed by atoms with Gasteiger partial charge in [0.25, 0.3) is 0 Å². The smallest absolute Gasteiger partial charge is 0.172 e. The van der Waals surface area contributed by atoms with Gasteiger partial charge in [0.1, 0.15) is 0 Å². The standard InChI is InChI=1S/C51H36N2O2.C27H23N.C24H14ClNO2.C19H11ClO2.C6H5I/c1-51(2)43-18-10-9-17-39(43)40-27-25-38(30-44(40)51)52(36-23-21-34(22-24-36)33-13-5-3-6-14-33)37-26-28-45-41(29-37)42-31-49-50(55-48-20-12-11-19-47(48)54-49)32-46(42)53(45)35-15-7-4-8-16-35;1-27(2)25-11-7-6-10-23(25)24-17-16-22(18-26(24)27)28-21-14-12-20(13-15-21)19-8-4-3-5-9-19;25-15-10-11-19-17(12-15)18-13-23-24(28-22-9-5-4-8-21(22)27-23)14-20(18)26(19)16-6-2-1-3-7-16;20-13-6-5-11-7-12-8-18-19(10-15(12)14(11)9-13)22-17-4-2-1-3-16(17)21-18;7-6-4-2-1-3-5-6/h3-32H,1-2H3;3-18,28H,1-2H3;1-14H;1-6,8-10H,7H2;1-5H. The molecule has 3 aliphatic carbocycles. The number of ether oxygens (including phenoxy) is 6. The highest BCUT2D eigenvalue weighted by molar-refractivity contribution is 14.1. The lowest BCUT2D eigenvalue weighted by Gasteiger charge is -2.28. The van der Waals surface area contributed by atoms with E-state index in [4.69, 9.17) is 51.6 Å². The maximum Gasteiger partial charge on any atom is 0.172 e. The topological polar surface area (TPSA) is 80.5 Å². The van der Waals surface area contributed by atoms with Gasteiger partial charge in [-0.3, -0.25) is 0 Å². The SMILES string of the molecule is CC1(C)c2ccccc2-c2ccc(N(c3ccc(-c4ccccc4)cc3)c3ccc4c(c3)c3cc5c(cc3n4-c3ccccc3)Oc3ccccc3O5)cc21.CC1(C)c2ccccc2-c2ccc(Nc3ccc(-c4ccccc4)cc3)cc21.Clc1ccc2c(c1)-c1cc3c(cc1C2)Oc1ccccc1O3.Clc1ccc2c(c1)c1cc3c(cc1n2-c1ccccc1)Oc1ccccc1O3.Ic1ccccc1. The lowest BCUT2D eigenvalue weighted by Crippen LogP contribution is -2.16. The Hall–Kier alpha value is -16.3. The summed E-state index contributed by atoms with van der Waals surface area (Å²) in [6.07, 6.45) is 0.903. The second kappa shape index (κ2) is 36.0. The lowest BCUT2D eigenvalue weighted by atomic mass is 9.82. The van der Waals surface area contributed by atoms with E-state index in [2.05, 4.69) is 367 Å². The van der Waals surface area contributed by atoms with Gasteiger partial charge in [0, 0.05) is 97.9 Å². The Morgan fingerprint density at radius 3 is 1.10 bits per heavy atom. The molecule has 0 fully saturated rings. The highest BCUT2D eigenvalue weighted by atomic mass is 127. The average Bonchev–Trinajstić information content (AvgIpc) is 1.72. The monoisotopic (exact) mass is 1960 g/mol. The fourth-order valence-electron chi connectivity index (χ4n) is 20.5. The van der Waals surface area contributed by atoms with E-state index in [0.717, 1.165) is 129 Å². The maximum atomic E-state index is 6.46. The molecule has 5 heterocycles. The summed E-state index contributed by atoms with van der Waals surface area (Å²) in [5, 5.41) is 9.41. The summed E-state index contributed by atoms with van der Waals surface area (Å²) >= 11 is 14.7. The molecule has 0 amide bonds. The Kier molecular flexibility index (Phi) is 22.3. The fourth-order valence-corrected chi connectivity index (χ4v) is 21.3. The third kappa shape index (κ3) is 16.1. The number of hydrogen-bond acceptors (Lipinski definition) is 8. The molecular weight excluding hydrogens is 1880 g/mol. The number of aromatic nitrogens is 2. The van der Waals surface area contributed by atoms with E-state index >= 15 is 0 Å². The number of benzene rings is 20. The number of para-hydroxylation sites is 8. The minimum absolute atomic E-state index is 0.0286. The van der Waals surface area contributed by atoms with Crippen LogP contribution in [0.3, 0.4) is 0 Å². The molecule has 6 aliphatic rings. The van der Waals surface area contributed by atoms with Crippen LogP contribution < -0.4 is 38.6 Å². The number of halogens is 3. The van der Waals surface area contributed by atoms with Crippen LogP contribution in [-0.4, -0.2) is 9.13 Å². The Balaban J connectivity index is 0.000000105. The molecule has 28 rings (SSSR count). The number of nitrogens with one attached hydrogen (secondary N) is 1. The second-order valence-electron chi connectivity index (χ2n) is 36.7. The van der Waals surface area contributed by atoms with Crippen molar-refractivity contribution < 1.29 is 28.4 Å². The molecule has 3 aliphatic heterocycles. The van der Waals surface area contributed by atoms with E-state index in [9.17, 15) is 0 Å². The minimum atomic E-state index is -0.127. The molecule has 13 heteroatoms. The highest BCUT2D eigenvalue weighted by Crippen LogP contribution is 2.57. The average molecular weight is 1960 g/mol. The molecule has 674 valence electrons. The van der Waals surface area contributed by atoms with E-state index in [-0.39, 0.29) is 10.8 Å². The summed E-state index contributed by atoms with van der Waals surface area (Å²) < 4.78 is 42.9. The van der Waals surface area contributed by atoms with Crippen molar-refractivity contribution >= 4 is 118 Å². The Morgan fingerprint density at radius 2 is 0.600 bits per heavy atom. The van der Waals surface area contributed by atoms with Gasteiger partial charge in [0.15, 0.2) is 69.0 Å². The first-order chi connectivity index (χ1) is 68.6. The van der Waals surface area contributed by atoms with Gasteiger partial charge in [-0.1, -0.05) is 294 Å². The maximum absolute atomic E-state index is 6.46. The van der Waals surface area contributed by atoms with Gasteiger partial charge < -0.3 is 47.8 Å². The molecule has 0 spiro atoms. The van der Waals surface area contributed by atoms with Gasteiger partial charge in [-0.15, -0.1) is 0 Å². The number of nitrogens with zero attached hydrogens (tertiary/aromatic N) is 3. The van der Waals surface area contributed by atoms with Crippen LogP contribution in [0, 0.1) is 3.57 Å². The van der Waals surface area contributed by atoms with Gasteiger partial charge in [-0.05, 0) is 312 Å². The van der Waals surface area contributed by atoms with Crippen LogP contribution in [-0.2, 0) is 17.3 Å². The van der Waals surface area contributed by atoms with Crippen LogP contribution in [0.25, 0.3) is 111 Å². The summed E-state index contributed by atoms with van der Waals surface area (Å²) in [5.74, 6) is 8.73. The third-order valence-corrected chi connectivity index (χ3v) is 28.5. The Bertz CT molecular complexity index is 8590. The molecule has 0 unspecified atom stereocenters. The van der Waals surface area contributed by atoms with Crippen LogP contribution in [0.5, 0.6) is 69.0 Å². The minimum Gasteiger partial charge on any atom is -0.450 e. The quantitative estimate of drug-likeness (QED) is 0.143. The van der Waals surface area contributed by atoms with Gasteiger partial charge in [-0.2, -0.15) is 0 Å². The largest absolute Gasteiger partial charge is 0.450 e. The van der Waals surface area contributed by atoms with Crippen molar-refractivity contribution in [1.29, 1.82) is 0 Å². The molecule has 2 aromatic heterocycles. The van der Waals surface area contributed by atoms with Crippen molar-refractivity contribution in [3.63, 3.8) is 0 Å².